The van der Waals surface area contributed by atoms with Gasteiger partial charge in [0.25, 0.3) is 0 Å². The second kappa shape index (κ2) is 5.57. The van der Waals surface area contributed by atoms with E-state index in [4.69, 9.17) is 28.9 Å². The zero-order valence-electron chi connectivity index (χ0n) is 9.48. The first kappa shape index (κ1) is 13.1. The van der Waals surface area contributed by atoms with Crippen LogP contribution in [0.2, 0.25) is 10.0 Å². The summed E-state index contributed by atoms with van der Waals surface area (Å²) in [6.07, 6.45) is 2.85. The summed E-state index contributed by atoms with van der Waals surface area (Å²) in [5.74, 6) is 0. The number of aliphatic hydroxyl groups is 1. The number of aliphatic hydroxyl groups excluding tert-OH is 1. The normalized spacial score (nSPS) is 12.4. The SMILES string of the molecule is Nc1ccncc1C(O)Cc1ccc(Cl)c(Cl)c1. The fourth-order valence-electron chi connectivity index (χ4n) is 1.70. The molecule has 2 aromatic rings. The first-order valence-electron chi connectivity index (χ1n) is 5.39. The van der Waals surface area contributed by atoms with Crippen molar-refractivity contribution in [2.24, 2.45) is 0 Å². The van der Waals surface area contributed by atoms with E-state index in [1.165, 1.54) is 0 Å². The minimum Gasteiger partial charge on any atom is -0.398 e. The predicted octanol–water partition coefficient (Wildman–Crippen LogP) is 3.25. The van der Waals surface area contributed by atoms with Crippen LogP contribution < -0.4 is 5.73 Å². The van der Waals surface area contributed by atoms with Crippen molar-refractivity contribution in [2.75, 3.05) is 5.73 Å². The molecule has 0 aliphatic heterocycles. The quantitative estimate of drug-likeness (QED) is 0.909. The van der Waals surface area contributed by atoms with Crippen LogP contribution in [-0.2, 0) is 6.42 Å². The second-order valence-electron chi connectivity index (χ2n) is 3.97. The molecule has 1 heterocycles. The van der Waals surface area contributed by atoms with Gasteiger partial charge in [-0.05, 0) is 23.8 Å². The number of nitrogens with zero attached hydrogens (tertiary/aromatic N) is 1. The number of halogens is 2. The van der Waals surface area contributed by atoms with E-state index in [1.54, 1.807) is 30.6 Å². The number of nitrogens with two attached hydrogens (primary N) is 1. The Labute approximate surface area is 115 Å². The van der Waals surface area contributed by atoms with Gasteiger partial charge < -0.3 is 10.8 Å². The lowest BCUT2D eigenvalue weighted by molar-refractivity contribution is 0.179. The van der Waals surface area contributed by atoms with Crippen molar-refractivity contribution < 1.29 is 5.11 Å². The Bertz CT molecular complexity index is 560. The van der Waals surface area contributed by atoms with Gasteiger partial charge in [-0.1, -0.05) is 29.3 Å². The minimum atomic E-state index is -0.712. The summed E-state index contributed by atoms with van der Waals surface area (Å²) in [6, 6.07) is 6.93. The summed E-state index contributed by atoms with van der Waals surface area (Å²) in [5.41, 5.74) is 7.81. The van der Waals surface area contributed by atoms with Crippen molar-refractivity contribution >= 4 is 28.9 Å². The molecular weight excluding hydrogens is 271 g/mol. The molecule has 0 fully saturated rings. The molecule has 0 spiro atoms. The largest absolute Gasteiger partial charge is 0.398 e. The zero-order chi connectivity index (χ0) is 13.1. The van der Waals surface area contributed by atoms with Crippen LogP contribution in [-0.4, -0.2) is 10.1 Å². The van der Waals surface area contributed by atoms with E-state index in [0.717, 1.165) is 5.56 Å². The highest BCUT2D eigenvalue weighted by Crippen LogP contribution is 2.27. The monoisotopic (exact) mass is 282 g/mol. The molecule has 94 valence electrons. The molecule has 3 nitrogen and oxygen atoms in total. The minimum absolute atomic E-state index is 0.410. The lowest BCUT2D eigenvalue weighted by Gasteiger charge is -2.13. The molecule has 0 aliphatic rings. The van der Waals surface area contributed by atoms with E-state index in [-0.39, 0.29) is 0 Å². The van der Waals surface area contributed by atoms with Gasteiger partial charge in [0.2, 0.25) is 0 Å². The van der Waals surface area contributed by atoms with Crippen molar-refractivity contribution in [3.63, 3.8) is 0 Å². The number of rotatable bonds is 3. The van der Waals surface area contributed by atoms with Crippen molar-refractivity contribution in [3.8, 4) is 0 Å². The lowest BCUT2D eigenvalue weighted by Crippen LogP contribution is -2.05. The van der Waals surface area contributed by atoms with E-state index >= 15 is 0 Å². The maximum absolute atomic E-state index is 10.1. The number of benzene rings is 1. The molecule has 1 atom stereocenters. The van der Waals surface area contributed by atoms with Gasteiger partial charge in [0.05, 0.1) is 16.1 Å². The fourth-order valence-corrected chi connectivity index (χ4v) is 2.02. The maximum atomic E-state index is 10.1. The van der Waals surface area contributed by atoms with Crippen LogP contribution in [0.15, 0.2) is 36.7 Å². The molecule has 0 saturated carbocycles. The van der Waals surface area contributed by atoms with Crippen molar-refractivity contribution in [2.45, 2.75) is 12.5 Å². The Kier molecular flexibility index (Phi) is 4.07. The topological polar surface area (TPSA) is 59.1 Å². The molecule has 0 aliphatic carbocycles. The number of pyridine rings is 1. The summed E-state index contributed by atoms with van der Waals surface area (Å²) in [5, 5.41) is 11.1. The molecule has 0 bridgehead atoms. The number of hydrogen-bond acceptors (Lipinski definition) is 3. The third-order valence-electron chi connectivity index (χ3n) is 2.66. The van der Waals surface area contributed by atoms with Gasteiger partial charge in [-0.3, -0.25) is 4.98 Å². The molecular formula is C13H12Cl2N2O. The third kappa shape index (κ3) is 2.93. The molecule has 2 rings (SSSR count). The lowest BCUT2D eigenvalue weighted by atomic mass is 10.0. The van der Waals surface area contributed by atoms with E-state index in [1.807, 2.05) is 6.07 Å². The molecule has 3 N–H and O–H groups in total. The van der Waals surface area contributed by atoms with Crippen LogP contribution >= 0.6 is 23.2 Å². The van der Waals surface area contributed by atoms with Gasteiger partial charge in [0.1, 0.15) is 0 Å². The molecule has 0 saturated heterocycles. The van der Waals surface area contributed by atoms with Crippen LogP contribution in [0.1, 0.15) is 17.2 Å². The summed E-state index contributed by atoms with van der Waals surface area (Å²) >= 11 is 11.8. The fraction of sp³-hybridized carbons (Fsp3) is 0.154. The summed E-state index contributed by atoms with van der Waals surface area (Å²) in [6.45, 7) is 0. The smallest absolute Gasteiger partial charge is 0.0865 e. The number of nitrogen functional groups attached to an aromatic ring is 1. The highest BCUT2D eigenvalue weighted by molar-refractivity contribution is 6.42. The van der Waals surface area contributed by atoms with Crippen molar-refractivity contribution in [3.05, 3.63) is 57.8 Å². The van der Waals surface area contributed by atoms with Gasteiger partial charge in [0, 0.05) is 30.1 Å². The van der Waals surface area contributed by atoms with Crippen molar-refractivity contribution in [1.29, 1.82) is 0 Å². The third-order valence-corrected chi connectivity index (χ3v) is 3.40. The van der Waals surface area contributed by atoms with E-state index in [9.17, 15) is 5.11 Å². The Morgan fingerprint density at radius 3 is 2.67 bits per heavy atom. The highest BCUT2D eigenvalue weighted by Gasteiger charge is 2.12. The number of aromatic nitrogens is 1. The first-order chi connectivity index (χ1) is 8.58. The Morgan fingerprint density at radius 2 is 2.00 bits per heavy atom. The molecule has 5 heteroatoms. The van der Waals surface area contributed by atoms with Crippen LogP contribution in [0.25, 0.3) is 0 Å². The van der Waals surface area contributed by atoms with Gasteiger partial charge in [0.15, 0.2) is 0 Å². The average Bonchev–Trinajstić information content (AvgIpc) is 2.34. The number of anilines is 1. The van der Waals surface area contributed by atoms with Crippen molar-refractivity contribution in [1.82, 2.24) is 4.98 Å². The first-order valence-corrected chi connectivity index (χ1v) is 6.15. The maximum Gasteiger partial charge on any atom is 0.0865 e. The van der Waals surface area contributed by atoms with Gasteiger partial charge >= 0.3 is 0 Å². The molecule has 18 heavy (non-hydrogen) atoms. The van der Waals surface area contributed by atoms with Gasteiger partial charge in [-0.2, -0.15) is 0 Å². The van der Waals surface area contributed by atoms with Crippen LogP contribution in [0, 0.1) is 0 Å². The molecule has 1 aromatic carbocycles. The Hall–Kier alpha value is -1.29. The molecule has 0 amide bonds. The van der Waals surface area contributed by atoms with Crippen LogP contribution in [0.5, 0.6) is 0 Å². The molecule has 1 aromatic heterocycles. The summed E-state index contributed by atoms with van der Waals surface area (Å²) < 4.78 is 0. The summed E-state index contributed by atoms with van der Waals surface area (Å²) in [7, 11) is 0. The summed E-state index contributed by atoms with van der Waals surface area (Å²) in [4.78, 5) is 3.95. The number of hydrogen-bond donors (Lipinski definition) is 2. The Morgan fingerprint density at radius 1 is 1.22 bits per heavy atom. The van der Waals surface area contributed by atoms with E-state index in [2.05, 4.69) is 4.98 Å². The van der Waals surface area contributed by atoms with E-state index < -0.39 is 6.10 Å². The van der Waals surface area contributed by atoms with E-state index in [0.29, 0.717) is 27.7 Å². The predicted molar refractivity (Wildman–Crippen MR) is 73.8 cm³/mol. The average molecular weight is 283 g/mol. The zero-order valence-corrected chi connectivity index (χ0v) is 11.0. The Balaban J connectivity index is 2.19. The van der Waals surface area contributed by atoms with Crippen LogP contribution in [0.4, 0.5) is 5.69 Å². The van der Waals surface area contributed by atoms with Crippen LogP contribution in [0.3, 0.4) is 0 Å². The van der Waals surface area contributed by atoms with Gasteiger partial charge in [-0.15, -0.1) is 0 Å². The molecule has 0 radical (unpaired) electrons. The second-order valence-corrected chi connectivity index (χ2v) is 4.79. The molecule has 1 unspecified atom stereocenters. The highest BCUT2D eigenvalue weighted by atomic mass is 35.5. The van der Waals surface area contributed by atoms with Gasteiger partial charge in [-0.25, -0.2) is 0 Å². The standard InChI is InChI=1S/C13H12Cl2N2O/c14-10-2-1-8(5-11(10)15)6-13(18)9-7-17-4-3-12(9)16/h1-5,7,13,18H,6H2,(H2,16,17).